The molecule has 0 amide bonds. The Hall–Kier alpha value is -0.400. The van der Waals surface area contributed by atoms with E-state index in [-0.39, 0.29) is 0 Å². The van der Waals surface area contributed by atoms with E-state index in [9.17, 15) is 0 Å². The highest BCUT2D eigenvalue weighted by Crippen LogP contribution is 1.92. The van der Waals surface area contributed by atoms with Crippen molar-refractivity contribution < 1.29 is 0 Å². The van der Waals surface area contributed by atoms with Crippen molar-refractivity contribution >= 4 is 0 Å². The number of nitrogens with two attached hydrogens (primary N) is 4. The number of nitrogens with one attached hydrogen (secondary N) is 4. The summed E-state index contributed by atoms with van der Waals surface area (Å²) in [7, 11) is 0. The summed E-state index contributed by atoms with van der Waals surface area (Å²) in [5.74, 6) is 0. The van der Waals surface area contributed by atoms with Crippen molar-refractivity contribution in [1.82, 2.24) is 31.1 Å². The van der Waals surface area contributed by atoms with E-state index in [4.69, 9.17) is 22.9 Å². The van der Waals surface area contributed by atoms with Gasteiger partial charge in [0, 0.05) is 118 Å². The second-order valence-electron chi connectivity index (χ2n) is 6.84. The average Bonchev–Trinajstić information content (AvgIpc) is 2.70. The predicted molar refractivity (Wildman–Crippen MR) is 121 cm³/mol. The molecule has 12 N–H and O–H groups in total. The fourth-order valence-corrected chi connectivity index (χ4v) is 2.83. The van der Waals surface area contributed by atoms with Crippen LogP contribution in [0.4, 0.5) is 0 Å². The summed E-state index contributed by atoms with van der Waals surface area (Å²) in [4.78, 5) is 4.93. The van der Waals surface area contributed by atoms with Crippen LogP contribution in [0, 0.1) is 0 Å². The Morgan fingerprint density at radius 3 is 1.11 bits per heavy atom. The van der Waals surface area contributed by atoms with Crippen molar-refractivity contribution in [1.29, 1.82) is 0 Å². The highest BCUT2D eigenvalue weighted by atomic mass is 15.2. The van der Waals surface area contributed by atoms with Gasteiger partial charge in [-0.2, -0.15) is 0 Å². The molecule has 0 aliphatic rings. The first-order valence-electron chi connectivity index (χ1n) is 10.9. The maximum absolute atomic E-state index is 5.81. The lowest BCUT2D eigenvalue weighted by Crippen LogP contribution is -2.44. The van der Waals surface area contributed by atoms with E-state index in [1.54, 1.807) is 0 Å². The zero-order chi connectivity index (χ0) is 20.7. The maximum Gasteiger partial charge on any atom is 0.0110 e. The van der Waals surface area contributed by atoms with Crippen LogP contribution in [-0.2, 0) is 0 Å². The smallest absolute Gasteiger partial charge is 0.0110 e. The molecule has 0 aromatic carbocycles. The van der Waals surface area contributed by atoms with Crippen molar-refractivity contribution in [2.75, 3.05) is 118 Å². The van der Waals surface area contributed by atoms with Gasteiger partial charge in [0.2, 0.25) is 0 Å². The molecule has 0 aromatic heterocycles. The van der Waals surface area contributed by atoms with Gasteiger partial charge in [-0.1, -0.05) is 0 Å². The molecule has 0 saturated carbocycles. The lowest BCUT2D eigenvalue weighted by Gasteiger charge is -2.28. The van der Waals surface area contributed by atoms with Crippen LogP contribution in [-0.4, -0.2) is 128 Å². The molecule has 0 radical (unpaired) electrons. The fourth-order valence-electron chi connectivity index (χ4n) is 2.83. The Bertz CT molecular complexity index is 284. The lowest BCUT2D eigenvalue weighted by molar-refractivity contribution is 0.206. The molecule has 0 aromatic rings. The molecule has 0 bridgehead atoms. The molecule has 0 atom stereocenters. The molecule has 10 nitrogen and oxygen atoms in total. The van der Waals surface area contributed by atoms with Gasteiger partial charge in [0.15, 0.2) is 0 Å². The van der Waals surface area contributed by atoms with Gasteiger partial charge >= 0.3 is 0 Å². The van der Waals surface area contributed by atoms with E-state index in [0.717, 1.165) is 91.6 Å². The third-order valence-corrected chi connectivity index (χ3v) is 4.43. The zero-order valence-corrected chi connectivity index (χ0v) is 17.9. The van der Waals surface area contributed by atoms with Gasteiger partial charge in [-0.05, 0) is 0 Å². The molecule has 0 saturated heterocycles. The molecular weight excluding hydrogens is 356 g/mol. The molecule has 28 heavy (non-hydrogen) atoms. The quantitative estimate of drug-likeness (QED) is 0.0784. The summed E-state index contributed by atoms with van der Waals surface area (Å²) in [5.41, 5.74) is 22.4. The van der Waals surface area contributed by atoms with Gasteiger partial charge in [-0.15, -0.1) is 0 Å². The molecule has 10 heteroatoms. The summed E-state index contributed by atoms with van der Waals surface area (Å²) in [5, 5.41) is 13.5. The monoisotopic (exact) mass is 404 g/mol. The Kier molecular flexibility index (Phi) is 22.6. The minimum Gasteiger partial charge on any atom is -0.329 e. The summed E-state index contributed by atoms with van der Waals surface area (Å²) in [6.07, 6.45) is 0. The predicted octanol–water partition coefficient (Wildman–Crippen LogP) is -4.22. The molecular formula is C18H48N10. The number of hydrogen-bond acceptors (Lipinski definition) is 10. The number of hydrogen-bond donors (Lipinski definition) is 8. The van der Waals surface area contributed by atoms with E-state index >= 15 is 0 Å². The van der Waals surface area contributed by atoms with Gasteiger partial charge in [0.25, 0.3) is 0 Å². The molecule has 0 unspecified atom stereocenters. The van der Waals surface area contributed by atoms with Crippen LogP contribution in [0.15, 0.2) is 0 Å². The lowest BCUT2D eigenvalue weighted by atomic mass is 10.3. The van der Waals surface area contributed by atoms with E-state index in [1.807, 2.05) is 0 Å². The molecule has 0 rings (SSSR count). The average molecular weight is 405 g/mol. The van der Waals surface area contributed by atoms with Crippen molar-refractivity contribution in [2.45, 2.75) is 0 Å². The second kappa shape index (κ2) is 22.9. The molecule has 0 aliphatic heterocycles. The van der Waals surface area contributed by atoms with Crippen LogP contribution in [0.2, 0.25) is 0 Å². The Morgan fingerprint density at radius 1 is 0.357 bits per heavy atom. The standard InChI is InChI=1S/C18H48N10/c19-1-5-23-8-9-26-12-14-27(13-4-22)17-18-28(15-10-24-6-2-20)16-11-25-7-3-21/h23-26H,1-22H2. The van der Waals surface area contributed by atoms with Crippen LogP contribution in [0.25, 0.3) is 0 Å². The third kappa shape index (κ3) is 18.9. The summed E-state index contributed by atoms with van der Waals surface area (Å²) in [6.45, 7) is 16.2. The van der Waals surface area contributed by atoms with Crippen molar-refractivity contribution in [3.63, 3.8) is 0 Å². The molecule has 0 aliphatic carbocycles. The van der Waals surface area contributed by atoms with Crippen molar-refractivity contribution in [2.24, 2.45) is 22.9 Å². The summed E-state index contributed by atoms with van der Waals surface area (Å²) < 4.78 is 0. The molecule has 170 valence electrons. The van der Waals surface area contributed by atoms with Crippen LogP contribution in [0.1, 0.15) is 0 Å². The molecule has 0 spiro atoms. The maximum atomic E-state index is 5.81. The first-order valence-corrected chi connectivity index (χ1v) is 10.9. The van der Waals surface area contributed by atoms with Gasteiger partial charge < -0.3 is 44.2 Å². The first-order chi connectivity index (χ1) is 13.8. The Labute approximate surface area is 172 Å². The highest BCUT2D eigenvalue weighted by Gasteiger charge is 2.09. The van der Waals surface area contributed by atoms with E-state index < -0.39 is 0 Å². The van der Waals surface area contributed by atoms with Gasteiger partial charge in [0.05, 0.1) is 0 Å². The molecule has 0 fully saturated rings. The number of nitrogens with zero attached hydrogens (tertiary/aromatic N) is 2. The highest BCUT2D eigenvalue weighted by molar-refractivity contribution is 4.68. The third-order valence-electron chi connectivity index (χ3n) is 4.43. The minimum atomic E-state index is 0.678. The van der Waals surface area contributed by atoms with Gasteiger partial charge in [0.1, 0.15) is 0 Å². The van der Waals surface area contributed by atoms with Crippen LogP contribution in [0.5, 0.6) is 0 Å². The largest absolute Gasteiger partial charge is 0.329 e. The van der Waals surface area contributed by atoms with Crippen LogP contribution < -0.4 is 44.2 Å². The molecule has 0 heterocycles. The van der Waals surface area contributed by atoms with Crippen molar-refractivity contribution in [3.05, 3.63) is 0 Å². The van der Waals surface area contributed by atoms with E-state index in [2.05, 4.69) is 31.1 Å². The van der Waals surface area contributed by atoms with Crippen LogP contribution in [0.3, 0.4) is 0 Å². The number of rotatable bonds is 23. The van der Waals surface area contributed by atoms with E-state index in [1.165, 1.54) is 0 Å². The summed E-state index contributed by atoms with van der Waals surface area (Å²) >= 11 is 0. The Balaban J connectivity index is 4.11. The van der Waals surface area contributed by atoms with Crippen molar-refractivity contribution in [3.8, 4) is 0 Å². The zero-order valence-electron chi connectivity index (χ0n) is 17.9. The normalized spacial score (nSPS) is 11.8. The second-order valence-corrected chi connectivity index (χ2v) is 6.84. The minimum absolute atomic E-state index is 0.678. The first kappa shape index (κ1) is 27.6. The summed E-state index contributed by atoms with van der Waals surface area (Å²) in [6, 6.07) is 0. The van der Waals surface area contributed by atoms with Gasteiger partial charge in [-0.3, -0.25) is 9.80 Å². The fraction of sp³-hybridized carbons (Fsp3) is 1.00. The van der Waals surface area contributed by atoms with E-state index in [0.29, 0.717) is 26.2 Å². The SMILES string of the molecule is NCCNCCNCCN(CCN)CCN(CCNCCN)CCNCCN. The Morgan fingerprint density at radius 2 is 0.714 bits per heavy atom. The topological polar surface area (TPSA) is 159 Å². The van der Waals surface area contributed by atoms with Gasteiger partial charge in [-0.25, -0.2) is 0 Å². The van der Waals surface area contributed by atoms with Crippen LogP contribution >= 0.6 is 0 Å².